The minimum absolute atomic E-state index is 0.288. The van der Waals surface area contributed by atoms with Crippen molar-refractivity contribution in [3.63, 3.8) is 0 Å². The van der Waals surface area contributed by atoms with E-state index in [9.17, 15) is 23.6 Å². The van der Waals surface area contributed by atoms with E-state index < -0.39 is 28.8 Å². The zero-order chi connectivity index (χ0) is 27.3. The highest BCUT2D eigenvalue weighted by Gasteiger charge is 2.56. The van der Waals surface area contributed by atoms with Gasteiger partial charge in [-0.05, 0) is 54.1 Å². The van der Waals surface area contributed by atoms with Gasteiger partial charge in [-0.25, -0.2) is 9.29 Å². The summed E-state index contributed by atoms with van der Waals surface area (Å²) < 4.78 is 15.5. The van der Waals surface area contributed by atoms with E-state index in [0.29, 0.717) is 21.3 Å². The maximum Gasteiger partial charge on any atom is 0.308 e. The van der Waals surface area contributed by atoms with Gasteiger partial charge in [0, 0.05) is 21.0 Å². The van der Waals surface area contributed by atoms with Gasteiger partial charge in [0.1, 0.15) is 17.6 Å². The number of rotatable bonds is 5. The molecule has 3 atom stereocenters. The Balaban J connectivity index is 1.40. The highest BCUT2D eigenvalue weighted by Crippen LogP contribution is 2.53. The Morgan fingerprint density at radius 1 is 0.923 bits per heavy atom. The third-order valence-corrected chi connectivity index (χ3v) is 9.85. The summed E-state index contributed by atoms with van der Waals surface area (Å²) in [6, 6.07) is 21.6. The van der Waals surface area contributed by atoms with Crippen LogP contribution in [0.1, 0.15) is 16.4 Å². The number of anilines is 2. The van der Waals surface area contributed by atoms with Gasteiger partial charge in [0.2, 0.25) is 17.7 Å². The number of carbonyl (C=O) groups is 3. The number of imide groups is 1. The number of para-hydroxylation sites is 1. The zero-order valence-electron chi connectivity index (χ0n) is 20.0. The number of thioether (sulfide) groups is 1. The maximum absolute atomic E-state index is 13.8. The first-order chi connectivity index (χ1) is 18.8. The van der Waals surface area contributed by atoms with Crippen LogP contribution in [-0.2, 0) is 20.9 Å². The van der Waals surface area contributed by atoms with Gasteiger partial charge in [0.25, 0.3) is 0 Å². The van der Waals surface area contributed by atoms with Crippen LogP contribution in [0.4, 0.5) is 15.8 Å². The second kappa shape index (κ2) is 10.2. The summed E-state index contributed by atoms with van der Waals surface area (Å²) in [6.07, 6.45) is 0. The third kappa shape index (κ3) is 4.64. The number of fused-ring (bicyclic) bond motifs is 2. The van der Waals surface area contributed by atoms with Crippen molar-refractivity contribution in [1.82, 2.24) is 4.57 Å². The Labute approximate surface area is 238 Å². The first-order valence-electron chi connectivity index (χ1n) is 12.0. The smallest absolute Gasteiger partial charge is 0.308 e. The highest BCUT2D eigenvalue weighted by atomic mass is 79.9. The normalized spacial score (nSPS) is 20.1. The molecule has 0 spiro atoms. The summed E-state index contributed by atoms with van der Waals surface area (Å²) in [4.78, 5) is 55.1. The minimum Gasteiger partial charge on any atom is -0.325 e. The first-order valence-corrected chi connectivity index (χ1v) is 14.4. The van der Waals surface area contributed by atoms with Crippen LogP contribution in [0.5, 0.6) is 0 Å². The number of thiazole rings is 1. The highest BCUT2D eigenvalue weighted by molar-refractivity contribution is 9.10. The number of carbonyl (C=O) groups excluding carboxylic acids is 3. The molecular formula is C28H19BrFN3O4S2. The van der Waals surface area contributed by atoms with Crippen LogP contribution in [-0.4, -0.2) is 27.5 Å². The first kappa shape index (κ1) is 25.7. The lowest BCUT2D eigenvalue weighted by Crippen LogP contribution is -2.33. The molecular weight excluding hydrogens is 605 g/mol. The molecule has 196 valence electrons. The summed E-state index contributed by atoms with van der Waals surface area (Å²) in [5.74, 6) is -2.81. The van der Waals surface area contributed by atoms with E-state index in [4.69, 9.17) is 0 Å². The van der Waals surface area contributed by atoms with Crippen LogP contribution in [0.3, 0.4) is 0 Å². The maximum atomic E-state index is 13.8. The van der Waals surface area contributed by atoms with Gasteiger partial charge in [-0.1, -0.05) is 69.4 Å². The molecule has 4 aromatic rings. The van der Waals surface area contributed by atoms with Crippen LogP contribution >= 0.6 is 39.0 Å². The molecule has 0 saturated carbocycles. The summed E-state index contributed by atoms with van der Waals surface area (Å²) >= 11 is 5.59. The summed E-state index contributed by atoms with van der Waals surface area (Å²) in [6.45, 7) is -0.288. The van der Waals surface area contributed by atoms with Gasteiger partial charge >= 0.3 is 4.87 Å². The van der Waals surface area contributed by atoms with Crippen molar-refractivity contribution < 1.29 is 18.8 Å². The van der Waals surface area contributed by atoms with Gasteiger partial charge in [-0.2, -0.15) is 0 Å². The summed E-state index contributed by atoms with van der Waals surface area (Å²) in [7, 11) is 0. The predicted molar refractivity (Wildman–Crippen MR) is 152 cm³/mol. The largest absolute Gasteiger partial charge is 0.325 e. The predicted octanol–water partition coefficient (Wildman–Crippen LogP) is 5.25. The van der Waals surface area contributed by atoms with E-state index in [1.54, 1.807) is 24.3 Å². The van der Waals surface area contributed by atoms with Gasteiger partial charge in [-0.15, -0.1) is 0 Å². The van der Waals surface area contributed by atoms with Crippen LogP contribution in [0, 0.1) is 11.7 Å². The quantitative estimate of drug-likeness (QED) is 0.307. The Hall–Kier alpha value is -3.54. The van der Waals surface area contributed by atoms with E-state index in [1.165, 1.54) is 33.7 Å². The van der Waals surface area contributed by atoms with E-state index in [0.717, 1.165) is 33.1 Å². The Kier molecular flexibility index (Phi) is 6.74. The molecule has 6 rings (SSSR count). The second-order valence-corrected chi connectivity index (χ2v) is 12.2. The average molecular weight is 625 g/mol. The Bertz CT molecular complexity index is 1660. The van der Waals surface area contributed by atoms with Crippen molar-refractivity contribution in [3.8, 4) is 0 Å². The summed E-state index contributed by atoms with van der Waals surface area (Å²) in [5, 5.41) is 2.42. The lowest BCUT2D eigenvalue weighted by atomic mass is 9.83. The summed E-state index contributed by atoms with van der Waals surface area (Å²) in [5.41, 5.74) is 1.69. The Morgan fingerprint density at radius 3 is 2.31 bits per heavy atom. The minimum atomic E-state index is -0.765. The number of hydrogen-bond acceptors (Lipinski definition) is 6. The Morgan fingerprint density at radius 2 is 1.62 bits per heavy atom. The number of benzene rings is 3. The monoisotopic (exact) mass is 623 g/mol. The molecule has 1 fully saturated rings. The number of nitrogens with one attached hydrogen (secondary N) is 1. The van der Waals surface area contributed by atoms with Crippen LogP contribution < -0.4 is 15.1 Å². The molecule has 1 saturated heterocycles. The molecule has 0 aliphatic carbocycles. The number of aromatic nitrogens is 1. The molecule has 7 nitrogen and oxygen atoms in total. The molecule has 39 heavy (non-hydrogen) atoms. The van der Waals surface area contributed by atoms with Crippen LogP contribution in [0.15, 0.2) is 93.2 Å². The molecule has 0 radical (unpaired) electrons. The molecule has 0 bridgehead atoms. The van der Waals surface area contributed by atoms with Gasteiger partial charge < -0.3 is 5.32 Å². The molecule has 1 aromatic heterocycles. The molecule has 2 aliphatic rings. The fraction of sp³-hybridized carbons (Fsp3) is 0.143. The van der Waals surface area contributed by atoms with Crippen molar-refractivity contribution in [3.05, 3.63) is 109 Å². The fourth-order valence-corrected chi connectivity index (χ4v) is 8.03. The number of amides is 3. The lowest BCUT2D eigenvalue weighted by Gasteiger charge is -2.30. The molecule has 11 heteroatoms. The third-order valence-electron chi connectivity index (χ3n) is 6.72. The van der Waals surface area contributed by atoms with Crippen molar-refractivity contribution in [2.45, 2.75) is 22.7 Å². The molecule has 3 amide bonds. The number of halogens is 2. The molecule has 2 aliphatic heterocycles. The molecule has 0 unspecified atom stereocenters. The van der Waals surface area contributed by atoms with Crippen molar-refractivity contribution in [1.29, 1.82) is 0 Å². The fourth-order valence-electron chi connectivity index (χ4n) is 4.99. The van der Waals surface area contributed by atoms with E-state index in [1.807, 2.05) is 30.3 Å². The molecule has 1 N–H and O–H groups in total. The number of hydrogen-bond donors (Lipinski definition) is 1. The number of nitrogens with zero attached hydrogens (tertiary/aromatic N) is 2. The molecule has 3 aromatic carbocycles. The van der Waals surface area contributed by atoms with Crippen molar-refractivity contribution >= 4 is 68.1 Å². The van der Waals surface area contributed by atoms with Gasteiger partial charge in [0.05, 0.1) is 16.6 Å². The van der Waals surface area contributed by atoms with Crippen molar-refractivity contribution in [2.75, 3.05) is 10.2 Å². The van der Waals surface area contributed by atoms with E-state index in [2.05, 4.69) is 21.2 Å². The zero-order valence-corrected chi connectivity index (χ0v) is 23.3. The van der Waals surface area contributed by atoms with Crippen molar-refractivity contribution in [2.24, 2.45) is 5.92 Å². The van der Waals surface area contributed by atoms with Crippen LogP contribution in [0.25, 0.3) is 0 Å². The van der Waals surface area contributed by atoms with E-state index >= 15 is 0 Å². The average Bonchev–Trinajstić information content (AvgIpc) is 3.37. The molecule has 3 heterocycles. The van der Waals surface area contributed by atoms with Gasteiger partial charge in [0.15, 0.2) is 0 Å². The van der Waals surface area contributed by atoms with Gasteiger partial charge in [-0.3, -0.25) is 23.7 Å². The van der Waals surface area contributed by atoms with E-state index in [-0.39, 0.29) is 23.2 Å². The lowest BCUT2D eigenvalue weighted by molar-refractivity contribution is -0.122. The second-order valence-electron chi connectivity index (χ2n) is 9.12. The topological polar surface area (TPSA) is 88.5 Å². The standard InChI is InChI=1S/C28H19BrFN3O4S2/c29-16-8-6-15(7-9-16)21-22-23(26(36)33(25(22)35)19-4-2-1-3-5-19)38-27-24(21)39-28(37)32(27)14-20(34)31-18-12-10-17(30)11-13-18/h1-13,21-23H,14H2,(H,31,34)/t21-,22-,23+/m0/s1. The SMILES string of the molecule is O=C(Cn1c2c(sc1=O)[C@@H](c1ccc(Br)cc1)[C@@H]1C(=O)N(c3ccccc3)C(=O)[C@@H]1S2)Nc1ccc(F)cc1. The van der Waals surface area contributed by atoms with Crippen LogP contribution in [0.2, 0.25) is 0 Å².